The Balaban J connectivity index is 1.99. The lowest BCUT2D eigenvalue weighted by Gasteiger charge is -2.37. The number of halogens is 1. The summed E-state index contributed by atoms with van der Waals surface area (Å²) in [5, 5.41) is 3.12. The van der Waals surface area contributed by atoms with Gasteiger partial charge in [-0.15, -0.1) is 0 Å². The molecule has 1 saturated heterocycles. The largest absolute Gasteiger partial charge is 0.379 e. The van der Waals surface area contributed by atoms with Gasteiger partial charge in [0.25, 0.3) is 5.91 Å². The lowest BCUT2D eigenvalue weighted by atomic mass is 10.0. The summed E-state index contributed by atoms with van der Waals surface area (Å²) in [5.74, 6) is 0.516. The van der Waals surface area contributed by atoms with Crippen LogP contribution in [-0.4, -0.2) is 49.7 Å². The second-order valence-electron chi connectivity index (χ2n) is 6.11. The molecule has 1 unspecified atom stereocenters. The number of hydrogen-bond donors (Lipinski definition) is 1. The molecule has 1 heterocycles. The van der Waals surface area contributed by atoms with Crippen LogP contribution in [0.2, 0.25) is 0 Å². The van der Waals surface area contributed by atoms with Gasteiger partial charge in [-0.2, -0.15) is 0 Å². The van der Waals surface area contributed by atoms with Crippen molar-refractivity contribution in [2.24, 2.45) is 5.92 Å². The first-order chi connectivity index (χ1) is 10.5. The number of aryl methyl sites for hydroxylation is 1. The van der Waals surface area contributed by atoms with Crippen LogP contribution in [0.1, 0.15) is 29.8 Å². The first-order valence-corrected chi connectivity index (χ1v) is 8.93. The van der Waals surface area contributed by atoms with Gasteiger partial charge in [-0.1, -0.05) is 26.0 Å². The Morgan fingerprint density at radius 1 is 1.36 bits per heavy atom. The molecule has 1 aliphatic heterocycles. The van der Waals surface area contributed by atoms with Gasteiger partial charge < -0.3 is 10.1 Å². The van der Waals surface area contributed by atoms with E-state index in [0.717, 1.165) is 41.0 Å². The SMILES string of the molecule is Cc1cccc(C(=O)NCC(C(C)C)N2CCOCC2)c1I. The fraction of sp³-hybridized carbons (Fsp3) is 0.588. The van der Waals surface area contributed by atoms with Crippen LogP contribution in [0.25, 0.3) is 0 Å². The number of morpholine rings is 1. The summed E-state index contributed by atoms with van der Waals surface area (Å²) in [6, 6.07) is 6.22. The van der Waals surface area contributed by atoms with Crippen LogP contribution in [-0.2, 0) is 4.74 Å². The molecule has 0 radical (unpaired) electrons. The molecule has 0 aliphatic carbocycles. The molecule has 22 heavy (non-hydrogen) atoms. The van der Waals surface area contributed by atoms with Crippen molar-refractivity contribution in [1.29, 1.82) is 0 Å². The molecule has 1 amide bonds. The van der Waals surface area contributed by atoms with Crippen molar-refractivity contribution in [2.45, 2.75) is 26.8 Å². The Morgan fingerprint density at radius 2 is 2.05 bits per heavy atom. The normalized spacial score (nSPS) is 17.5. The molecule has 1 fully saturated rings. The van der Waals surface area contributed by atoms with Gasteiger partial charge in [0.05, 0.1) is 18.8 Å². The lowest BCUT2D eigenvalue weighted by Crippen LogP contribution is -2.51. The number of amides is 1. The van der Waals surface area contributed by atoms with E-state index in [1.165, 1.54) is 0 Å². The number of nitrogens with zero attached hydrogens (tertiary/aromatic N) is 1. The highest BCUT2D eigenvalue weighted by molar-refractivity contribution is 14.1. The van der Waals surface area contributed by atoms with Crippen LogP contribution in [0.4, 0.5) is 0 Å². The second-order valence-corrected chi connectivity index (χ2v) is 7.18. The minimum Gasteiger partial charge on any atom is -0.379 e. The zero-order valence-corrected chi connectivity index (χ0v) is 15.7. The smallest absolute Gasteiger partial charge is 0.252 e. The molecule has 1 aliphatic rings. The van der Waals surface area contributed by atoms with Crippen LogP contribution < -0.4 is 5.32 Å². The lowest BCUT2D eigenvalue weighted by molar-refractivity contribution is 0.00672. The molecule has 0 bridgehead atoms. The number of ether oxygens (including phenoxy) is 1. The molecule has 0 aromatic heterocycles. The Morgan fingerprint density at radius 3 is 2.68 bits per heavy atom. The van der Waals surface area contributed by atoms with Gasteiger partial charge in [0.2, 0.25) is 0 Å². The van der Waals surface area contributed by atoms with E-state index in [0.29, 0.717) is 18.5 Å². The molecule has 5 heteroatoms. The summed E-state index contributed by atoms with van der Waals surface area (Å²) < 4.78 is 6.46. The van der Waals surface area contributed by atoms with Crippen molar-refractivity contribution in [3.63, 3.8) is 0 Å². The van der Waals surface area contributed by atoms with Gasteiger partial charge in [-0.3, -0.25) is 9.69 Å². The average Bonchev–Trinajstić information content (AvgIpc) is 2.50. The Bertz CT molecular complexity index is 513. The Hall–Kier alpha value is -0.660. The number of nitrogens with one attached hydrogen (secondary N) is 1. The van der Waals surface area contributed by atoms with E-state index in [9.17, 15) is 4.79 Å². The first kappa shape index (κ1) is 17.7. The Kier molecular flexibility index (Phi) is 6.65. The number of carbonyl (C=O) groups excluding carboxylic acids is 1. The molecule has 4 nitrogen and oxygen atoms in total. The summed E-state index contributed by atoms with van der Waals surface area (Å²) in [4.78, 5) is 14.9. The maximum Gasteiger partial charge on any atom is 0.252 e. The summed E-state index contributed by atoms with van der Waals surface area (Å²) in [6.07, 6.45) is 0. The summed E-state index contributed by atoms with van der Waals surface area (Å²) in [5.41, 5.74) is 1.91. The molecule has 1 aromatic rings. The minimum absolute atomic E-state index is 0.0204. The monoisotopic (exact) mass is 416 g/mol. The highest BCUT2D eigenvalue weighted by atomic mass is 127. The minimum atomic E-state index is 0.0204. The van der Waals surface area contributed by atoms with E-state index in [1.54, 1.807) is 0 Å². The molecule has 0 spiro atoms. The predicted molar refractivity (Wildman–Crippen MR) is 97.2 cm³/mol. The topological polar surface area (TPSA) is 41.6 Å². The van der Waals surface area contributed by atoms with Crippen molar-refractivity contribution >= 4 is 28.5 Å². The standard InChI is InChI=1S/C17H25IN2O2/c1-12(2)15(20-7-9-22-10-8-20)11-19-17(21)14-6-4-5-13(3)16(14)18/h4-6,12,15H,7-11H2,1-3H3,(H,19,21). The number of carbonyl (C=O) groups is 1. The maximum atomic E-state index is 12.5. The van der Waals surface area contributed by atoms with Gasteiger partial charge in [-0.25, -0.2) is 0 Å². The molecule has 2 rings (SSSR count). The van der Waals surface area contributed by atoms with E-state index in [-0.39, 0.29) is 5.91 Å². The average molecular weight is 416 g/mol. The number of hydrogen-bond acceptors (Lipinski definition) is 3. The maximum absolute atomic E-state index is 12.5. The number of benzene rings is 1. The third-order valence-electron chi connectivity index (χ3n) is 4.19. The van der Waals surface area contributed by atoms with Crippen molar-refractivity contribution in [1.82, 2.24) is 10.2 Å². The third-order valence-corrected chi connectivity index (χ3v) is 5.62. The van der Waals surface area contributed by atoms with Gasteiger partial charge in [0, 0.05) is 29.2 Å². The van der Waals surface area contributed by atoms with Gasteiger partial charge in [0.1, 0.15) is 0 Å². The summed E-state index contributed by atoms with van der Waals surface area (Å²) in [7, 11) is 0. The summed E-state index contributed by atoms with van der Waals surface area (Å²) in [6.45, 7) is 10.6. The third kappa shape index (κ3) is 4.43. The van der Waals surface area contributed by atoms with Crippen LogP contribution in [0, 0.1) is 16.4 Å². The molecule has 1 aromatic carbocycles. The van der Waals surface area contributed by atoms with Crippen molar-refractivity contribution in [3.05, 3.63) is 32.9 Å². The zero-order valence-electron chi connectivity index (χ0n) is 13.6. The summed E-state index contributed by atoms with van der Waals surface area (Å²) >= 11 is 2.25. The first-order valence-electron chi connectivity index (χ1n) is 7.85. The molecule has 0 saturated carbocycles. The Labute approximate surface area is 146 Å². The quantitative estimate of drug-likeness (QED) is 0.751. The van der Waals surface area contributed by atoms with E-state index in [2.05, 4.69) is 46.7 Å². The fourth-order valence-electron chi connectivity index (χ4n) is 2.81. The highest BCUT2D eigenvalue weighted by Crippen LogP contribution is 2.17. The molecule has 1 N–H and O–H groups in total. The van der Waals surface area contributed by atoms with E-state index >= 15 is 0 Å². The zero-order chi connectivity index (χ0) is 16.1. The molecular formula is C17H25IN2O2. The van der Waals surface area contributed by atoms with Crippen LogP contribution in [0.5, 0.6) is 0 Å². The molecular weight excluding hydrogens is 391 g/mol. The van der Waals surface area contributed by atoms with E-state index < -0.39 is 0 Å². The predicted octanol–water partition coefficient (Wildman–Crippen LogP) is 2.69. The van der Waals surface area contributed by atoms with Gasteiger partial charge in [-0.05, 0) is 47.1 Å². The molecule has 1 atom stereocenters. The van der Waals surface area contributed by atoms with Gasteiger partial charge >= 0.3 is 0 Å². The van der Waals surface area contributed by atoms with Gasteiger partial charge in [0.15, 0.2) is 0 Å². The van der Waals surface area contributed by atoms with E-state index in [4.69, 9.17) is 4.74 Å². The van der Waals surface area contributed by atoms with Crippen molar-refractivity contribution in [2.75, 3.05) is 32.8 Å². The van der Waals surface area contributed by atoms with E-state index in [1.807, 2.05) is 25.1 Å². The van der Waals surface area contributed by atoms with Crippen LogP contribution in [0.15, 0.2) is 18.2 Å². The fourth-order valence-corrected chi connectivity index (χ4v) is 3.42. The second kappa shape index (κ2) is 8.26. The van der Waals surface area contributed by atoms with Crippen LogP contribution in [0.3, 0.4) is 0 Å². The highest BCUT2D eigenvalue weighted by Gasteiger charge is 2.24. The van der Waals surface area contributed by atoms with Crippen molar-refractivity contribution < 1.29 is 9.53 Å². The number of rotatable bonds is 5. The van der Waals surface area contributed by atoms with Crippen molar-refractivity contribution in [3.8, 4) is 0 Å². The molecule has 122 valence electrons. The van der Waals surface area contributed by atoms with Crippen LogP contribution >= 0.6 is 22.6 Å².